The van der Waals surface area contributed by atoms with Crippen LogP contribution in [0.5, 0.6) is 0 Å². The number of benzene rings is 2. The Morgan fingerprint density at radius 2 is 1.75 bits per heavy atom. The van der Waals surface area contributed by atoms with Gasteiger partial charge in [0.1, 0.15) is 5.76 Å². The third-order valence-corrected chi connectivity index (χ3v) is 2.45. The molecule has 1 nitrogen and oxygen atoms in total. The summed E-state index contributed by atoms with van der Waals surface area (Å²) in [5, 5.41) is 2.46. The van der Waals surface area contributed by atoms with Gasteiger partial charge in [0, 0.05) is 5.56 Å². The van der Waals surface area contributed by atoms with Crippen molar-refractivity contribution in [3.63, 3.8) is 0 Å². The maximum atomic E-state index is 5.59. The molecule has 0 aromatic heterocycles. The van der Waals surface area contributed by atoms with Gasteiger partial charge in [0.15, 0.2) is 0 Å². The lowest BCUT2D eigenvalue weighted by Crippen LogP contribution is -2.00. The molecule has 0 unspecified atom stereocenters. The fourth-order valence-corrected chi connectivity index (χ4v) is 1.72. The second-order valence-electron chi connectivity index (χ2n) is 4.15. The predicted molar refractivity (Wildman–Crippen MR) is 69.2 cm³/mol. The van der Waals surface area contributed by atoms with Crippen LogP contribution in [0.4, 0.5) is 0 Å². The third kappa shape index (κ3) is 2.25. The lowest BCUT2D eigenvalue weighted by atomic mass is 10.1. The van der Waals surface area contributed by atoms with Crippen LogP contribution in [-0.2, 0) is 4.74 Å². The lowest BCUT2D eigenvalue weighted by Gasteiger charge is -2.12. The van der Waals surface area contributed by atoms with Gasteiger partial charge < -0.3 is 4.74 Å². The predicted octanol–water partition coefficient (Wildman–Crippen LogP) is 4.24. The van der Waals surface area contributed by atoms with E-state index in [2.05, 4.69) is 30.8 Å². The van der Waals surface area contributed by atoms with Crippen molar-refractivity contribution in [3.05, 3.63) is 54.6 Å². The van der Waals surface area contributed by atoms with Gasteiger partial charge in [-0.2, -0.15) is 0 Å². The second kappa shape index (κ2) is 4.40. The van der Waals surface area contributed by atoms with E-state index in [1.54, 1.807) is 0 Å². The standard InChI is InChI=1S/C15H16O/c1-11(2)16-12(3)14-9-8-13-6-4-5-7-15(13)10-14/h4-11H,3H2,1-2H3. The molecule has 2 rings (SSSR count). The average molecular weight is 212 g/mol. The molecule has 82 valence electrons. The highest BCUT2D eigenvalue weighted by molar-refractivity contribution is 5.85. The van der Waals surface area contributed by atoms with E-state index in [4.69, 9.17) is 4.74 Å². The summed E-state index contributed by atoms with van der Waals surface area (Å²) in [7, 11) is 0. The molecule has 2 aromatic carbocycles. The Balaban J connectivity index is 2.35. The van der Waals surface area contributed by atoms with Gasteiger partial charge in [-0.1, -0.05) is 43.0 Å². The van der Waals surface area contributed by atoms with Crippen molar-refractivity contribution in [1.82, 2.24) is 0 Å². The van der Waals surface area contributed by atoms with Crippen LogP contribution in [0.15, 0.2) is 49.0 Å². The Morgan fingerprint density at radius 1 is 1.06 bits per heavy atom. The molecule has 16 heavy (non-hydrogen) atoms. The summed E-state index contributed by atoms with van der Waals surface area (Å²) >= 11 is 0. The SMILES string of the molecule is C=C(OC(C)C)c1ccc2ccccc2c1. The normalized spacial score (nSPS) is 10.7. The van der Waals surface area contributed by atoms with E-state index in [9.17, 15) is 0 Å². The number of ether oxygens (including phenoxy) is 1. The third-order valence-electron chi connectivity index (χ3n) is 2.45. The molecule has 2 aromatic rings. The highest BCUT2D eigenvalue weighted by Crippen LogP contribution is 2.21. The molecule has 0 heterocycles. The molecule has 0 N–H and O–H groups in total. The molecular formula is C15H16O. The summed E-state index contributed by atoms with van der Waals surface area (Å²) < 4.78 is 5.59. The molecule has 0 radical (unpaired) electrons. The van der Waals surface area contributed by atoms with E-state index in [0.717, 1.165) is 11.3 Å². The lowest BCUT2D eigenvalue weighted by molar-refractivity contribution is 0.205. The Labute approximate surface area is 96.4 Å². The molecule has 0 fully saturated rings. The molecule has 0 aliphatic carbocycles. The Hall–Kier alpha value is -1.76. The van der Waals surface area contributed by atoms with E-state index < -0.39 is 0 Å². The zero-order chi connectivity index (χ0) is 11.5. The number of hydrogen-bond donors (Lipinski definition) is 0. The topological polar surface area (TPSA) is 9.23 Å². The van der Waals surface area contributed by atoms with Crippen LogP contribution in [-0.4, -0.2) is 6.10 Å². The summed E-state index contributed by atoms with van der Waals surface area (Å²) in [6.07, 6.45) is 0.166. The molecule has 0 amide bonds. The van der Waals surface area contributed by atoms with Gasteiger partial charge in [0.2, 0.25) is 0 Å². The van der Waals surface area contributed by atoms with Crippen molar-refractivity contribution in [2.24, 2.45) is 0 Å². The molecule has 0 atom stereocenters. The smallest absolute Gasteiger partial charge is 0.119 e. The van der Waals surface area contributed by atoms with Crippen LogP contribution in [0, 0.1) is 0 Å². The molecule has 0 aliphatic heterocycles. The van der Waals surface area contributed by atoms with Crippen LogP contribution >= 0.6 is 0 Å². The Kier molecular flexibility index (Phi) is 2.95. The highest BCUT2D eigenvalue weighted by Gasteiger charge is 2.03. The Bertz CT molecular complexity index is 512. The van der Waals surface area contributed by atoms with Crippen LogP contribution < -0.4 is 0 Å². The van der Waals surface area contributed by atoms with Gasteiger partial charge in [-0.3, -0.25) is 0 Å². The first-order chi connectivity index (χ1) is 7.66. The molecule has 0 aliphatic rings. The first-order valence-corrected chi connectivity index (χ1v) is 5.51. The first kappa shape index (κ1) is 10.7. The van der Waals surface area contributed by atoms with Crippen molar-refractivity contribution < 1.29 is 4.74 Å². The van der Waals surface area contributed by atoms with E-state index in [-0.39, 0.29) is 6.10 Å². The summed E-state index contributed by atoms with van der Waals surface area (Å²) in [5.41, 5.74) is 1.05. The van der Waals surface area contributed by atoms with Crippen LogP contribution in [0.3, 0.4) is 0 Å². The minimum atomic E-state index is 0.166. The maximum Gasteiger partial charge on any atom is 0.119 e. The van der Waals surface area contributed by atoms with Crippen molar-refractivity contribution in [3.8, 4) is 0 Å². The number of rotatable bonds is 3. The van der Waals surface area contributed by atoms with Crippen LogP contribution in [0.2, 0.25) is 0 Å². The van der Waals surface area contributed by atoms with E-state index in [0.29, 0.717) is 0 Å². The Morgan fingerprint density at radius 3 is 2.44 bits per heavy atom. The van der Waals surface area contributed by atoms with E-state index >= 15 is 0 Å². The summed E-state index contributed by atoms with van der Waals surface area (Å²) in [5.74, 6) is 0.737. The average Bonchev–Trinajstić information content (AvgIpc) is 2.27. The largest absolute Gasteiger partial charge is 0.491 e. The van der Waals surface area contributed by atoms with Crippen LogP contribution in [0.25, 0.3) is 16.5 Å². The van der Waals surface area contributed by atoms with E-state index in [1.807, 2.05) is 32.0 Å². The fourth-order valence-electron chi connectivity index (χ4n) is 1.72. The van der Waals surface area contributed by atoms with Crippen molar-refractivity contribution in [1.29, 1.82) is 0 Å². The van der Waals surface area contributed by atoms with Crippen molar-refractivity contribution in [2.75, 3.05) is 0 Å². The zero-order valence-electron chi connectivity index (χ0n) is 9.73. The number of fused-ring (bicyclic) bond motifs is 1. The van der Waals surface area contributed by atoms with Crippen molar-refractivity contribution in [2.45, 2.75) is 20.0 Å². The second-order valence-corrected chi connectivity index (χ2v) is 4.15. The molecule has 0 saturated heterocycles. The van der Waals surface area contributed by atoms with Gasteiger partial charge >= 0.3 is 0 Å². The van der Waals surface area contributed by atoms with Gasteiger partial charge in [0.05, 0.1) is 6.10 Å². The van der Waals surface area contributed by atoms with Crippen molar-refractivity contribution >= 4 is 16.5 Å². The van der Waals surface area contributed by atoms with E-state index in [1.165, 1.54) is 10.8 Å². The minimum Gasteiger partial charge on any atom is -0.491 e. The first-order valence-electron chi connectivity index (χ1n) is 5.51. The summed E-state index contributed by atoms with van der Waals surface area (Å²) in [4.78, 5) is 0. The molecule has 0 bridgehead atoms. The fraction of sp³-hybridized carbons (Fsp3) is 0.200. The summed E-state index contributed by atoms with van der Waals surface area (Å²) in [6, 6.07) is 14.5. The maximum absolute atomic E-state index is 5.59. The quantitative estimate of drug-likeness (QED) is 0.691. The number of hydrogen-bond acceptors (Lipinski definition) is 1. The van der Waals surface area contributed by atoms with Gasteiger partial charge in [0.25, 0.3) is 0 Å². The molecule has 0 saturated carbocycles. The van der Waals surface area contributed by atoms with Gasteiger partial charge in [-0.25, -0.2) is 0 Å². The van der Waals surface area contributed by atoms with Gasteiger partial charge in [-0.05, 0) is 30.7 Å². The highest BCUT2D eigenvalue weighted by atomic mass is 16.5. The molecule has 1 heteroatoms. The molecule has 0 spiro atoms. The van der Waals surface area contributed by atoms with Crippen LogP contribution in [0.1, 0.15) is 19.4 Å². The minimum absolute atomic E-state index is 0.166. The zero-order valence-corrected chi connectivity index (χ0v) is 9.73. The summed E-state index contributed by atoms with van der Waals surface area (Å²) in [6.45, 7) is 7.96. The monoisotopic (exact) mass is 212 g/mol. The molecular weight excluding hydrogens is 196 g/mol. The van der Waals surface area contributed by atoms with Gasteiger partial charge in [-0.15, -0.1) is 0 Å².